The van der Waals surface area contributed by atoms with Crippen molar-refractivity contribution in [3.05, 3.63) is 95.1 Å². The van der Waals surface area contributed by atoms with Crippen LogP contribution in [0.1, 0.15) is 22.3 Å². The zero-order valence-corrected chi connectivity index (χ0v) is 24.5. The van der Waals surface area contributed by atoms with E-state index < -0.39 is 0 Å². The van der Waals surface area contributed by atoms with Gasteiger partial charge in [-0.05, 0) is 82.9 Å². The van der Waals surface area contributed by atoms with Crippen molar-refractivity contribution in [2.45, 2.75) is 50.1 Å². The maximum atomic E-state index is 6.85. The molecule has 4 aliphatic rings. The molecule has 4 fully saturated rings. The van der Waals surface area contributed by atoms with Crippen molar-refractivity contribution in [2.24, 2.45) is 0 Å². The lowest BCUT2D eigenvalue weighted by Crippen LogP contribution is -2.15. The van der Waals surface area contributed by atoms with Crippen LogP contribution in [0.15, 0.2) is 72.8 Å². The quantitative estimate of drug-likeness (QED) is 0.146. The van der Waals surface area contributed by atoms with Crippen LogP contribution in [0, 0.1) is 0 Å². The monoisotopic (exact) mass is 592 g/mol. The molecule has 8 heteroatoms. The van der Waals surface area contributed by atoms with Crippen molar-refractivity contribution < 1.29 is 28.4 Å². The predicted molar refractivity (Wildman–Crippen MR) is 168 cm³/mol. The fraction of sp³-hybridized carbons (Fsp3) is 0.333. The number of anilines is 2. The molecule has 0 saturated carbocycles. The fourth-order valence-corrected chi connectivity index (χ4v) is 5.96. The van der Waals surface area contributed by atoms with E-state index in [0.29, 0.717) is 11.4 Å². The third kappa shape index (κ3) is 6.39. The van der Waals surface area contributed by atoms with Crippen LogP contribution in [-0.4, -0.2) is 50.8 Å². The first-order chi connectivity index (χ1) is 21.6. The lowest BCUT2D eigenvalue weighted by atomic mass is 9.80. The molecule has 4 aromatic rings. The van der Waals surface area contributed by atoms with Crippen molar-refractivity contribution in [2.75, 3.05) is 37.9 Å². The first kappa shape index (κ1) is 27.5. The summed E-state index contributed by atoms with van der Waals surface area (Å²) in [5, 5.41) is 0. The molecule has 0 bridgehead atoms. The number of nitrogens with two attached hydrogens (primary N) is 2. The zero-order valence-electron chi connectivity index (χ0n) is 24.5. The Morgan fingerprint density at radius 3 is 1.20 bits per heavy atom. The van der Waals surface area contributed by atoms with Crippen LogP contribution in [0.4, 0.5) is 11.4 Å². The molecule has 4 saturated heterocycles. The molecule has 4 aliphatic heterocycles. The Bertz CT molecular complexity index is 1590. The summed E-state index contributed by atoms with van der Waals surface area (Å²) in [6, 6.07) is 23.4. The molecule has 4 unspecified atom stereocenters. The lowest BCUT2D eigenvalue weighted by Gasteiger charge is -2.27. The summed E-state index contributed by atoms with van der Waals surface area (Å²) in [7, 11) is 0. The van der Waals surface area contributed by atoms with Crippen molar-refractivity contribution in [1.82, 2.24) is 0 Å². The van der Waals surface area contributed by atoms with Gasteiger partial charge >= 0.3 is 0 Å². The summed E-state index contributed by atoms with van der Waals surface area (Å²) >= 11 is 0. The smallest absolute Gasteiger partial charge is 0.134 e. The van der Waals surface area contributed by atoms with Gasteiger partial charge in [-0.3, -0.25) is 0 Å². The number of hydrogen-bond acceptors (Lipinski definition) is 8. The standard InChI is InChI=1S/C36H36N2O6/c37-22-3-9-25(10-4-22)43-24-7-1-21(2-8-24)35-31(13-27-17-39-27)33(15-29-19-41-29)36(44-26-11-5-23(38)6-12-26)34(16-30-20-42-30)32(35)14-28-18-40-28/h1-12,27-30H,13-20,37-38H2. The van der Waals surface area contributed by atoms with E-state index in [2.05, 4.69) is 12.1 Å². The first-order valence-corrected chi connectivity index (χ1v) is 15.4. The van der Waals surface area contributed by atoms with Crippen LogP contribution in [0.5, 0.6) is 23.0 Å². The van der Waals surface area contributed by atoms with E-state index in [-0.39, 0.29) is 24.4 Å². The SMILES string of the molecule is Nc1ccc(Oc2ccc(-c3c(CC4CO4)c(CC4CO4)c(Oc4ccc(N)cc4)c(CC4CO4)c3CC3CO3)cc2)cc1. The Labute approximate surface area is 256 Å². The summed E-state index contributed by atoms with van der Waals surface area (Å²) in [5.41, 5.74) is 20.6. The van der Waals surface area contributed by atoms with Crippen molar-refractivity contribution in [1.29, 1.82) is 0 Å². The van der Waals surface area contributed by atoms with Crippen LogP contribution in [0.2, 0.25) is 0 Å². The molecule has 0 aliphatic carbocycles. The minimum atomic E-state index is 0.175. The first-order valence-electron chi connectivity index (χ1n) is 15.4. The van der Waals surface area contributed by atoms with E-state index in [1.54, 1.807) is 0 Å². The number of ether oxygens (including phenoxy) is 6. The minimum Gasteiger partial charge on any atom is -0.457 e. The predicted octanol–water partition coefficient (Wildman–Crippen LogP) is 5.87. The summed E-state index contributed by atoms with van der Waals surface area (Å²) in [6.45, 7) is 3.04. The summed E-state index contributed by atoms with van der Waals surface area (Å²) in [4.78, 5) is 0. The van der Waals surface area contributed by atoms with Gasteiger partial charge in [-0.2, -0.15) is 0 Å². The van der Waals surface area contributed by atoms with Gasteiger partial charge in [0.25, 0.3) is 0 Å². The summed E-state index contributed by atoms with van der Waals surface area (Å²) < 4.78 is 36.2. The molecule has 44 heavy (non-hydrogen) atoms. The molecule has 4 aromatic carbocycles. The summed E-state index contributed by atoms with van der Waals surface area (Å²) in [5.74, 6) is 3.18. The van der Waals surface area contributed by atoms with E-state index in [0.717, 1.165) is 80.7 Å². The summed E-state index contributed by atoms with van der Waals surface area (Å²) in [6.07, 6.45) is 3.88. The lowest BCUT2D eigenvalue weighted by molar-refractivity contribution is 0.390. The van der Waals surface area contributed by atoms with Crippen LogP contribution in [0.3, 0.4) is 0 Å². The Morgan fingerprint density at radius 2 is 0.818 bits per heavy atom. The number of nitrogen functional groups attached to an aromatic ring is 2. The average Bonchev–Trinajstić information content (AvgIpc) is 3.84. The van der Waals surface area contributed by atoms with Gasteiger partial charge in [-0.15, -0.1) is 0 Å². The molecule has 226 valence electrons. The van der Waals surface area contributed by atoms with E-state index in [1.165, 1.54) is 27.8 Å². The average molecular weight is 593 g/mol. The van der Waals surface area contributed by atoms with Crippen molar-refractivity contribution in [3.63, 3.8) is 0 Å². The Hall–Kier alpha value is -4.08. The molecule has 0 spiro atoms. The van der Waals surface area contributed by atoms with Crippen LogP contribution in [-0.2, 0) is 44.6 Å². The second-order valence-electron chi connectivity index (χ2n) is 12.1. The molecule has 0 amide bonds. The number of benzene rings is 4. The normalized spacial score (nSPS) is 22.8. The maximum Gasteiger partial charge on any atom is 0.134 e. The van der Waals surface area contributed by atoms with Gasteiger partial charge in [0.15, 0.2) is 0 Å². The number of hydrogen-bond donors (Lipinski definition) is 2. The van der Waals surface area contributed by atoms with Gasteiger partial charge in [0.05, 0.1) is 50.8 Å². The molecule has 0 aromatic heterocycles. The van der Waals surface area contributed by atoms with Gasteiger partial charge in [-0.1, -0.05) is 12.1 Å². The maximum absolute atomic E-state index is 6.85. The Morgan fingerprint density at radius 1 is 0.477 bits per heavy atom. The highest BCUT2D eigenvalue weighted by atomic mass is 16.6. The van der Waals surface area contributed by atoms with Gasteiger partial charge in [0.2, 0.25) is 0 Å². The third-order valence-corrected chi connectivity index (χ3v) is 8.58. The highest BCUT2D eigenvalue weighted by Crippen LogP contribution is 2.47. The largest absolute Gasteiger partial charge is 0.457 e. The van der Waals surface area contributed by atoms with Crippen LogP contribution >= 0.6 is 0 Å². The van der Waals surface area contributed by atoms with Gasteiger partial charge in [-0.25, -0.2) is 0 Å². The van der Waals surface area contributed by atoms with E-state index >= 15 is 0 Å². The second kappa shape index (κ2) is 11.4. The number of epoxide rings is 4. The highest BCUT2D eigenvalue weighted by molar-refractivity contribution is 5.78. The molecular formula is C36H36N2O6. The number of rotatable bonds is 13. The van der Waals surface area contributed by atoms with Crippen LogP contribution in [0.25, 0.3) is 11.1 Å². The second-order valence-corrected chi connectivity index (χ2v) is 12.1. The fourth-order valence-electron chi connectivity index (χ4n) is 5.96. The van der Waals surface area contributed by atoms with E-state index in [4.69, 9.17) is 39.9 Å². The van der Waals surface area contributed by atoms with Gasteiger partial charge < -0.3 is 39.9 Å². The molecule has 4 heterocycles. The molecular weight excluding hydrogens is 556 g/mol. The zero-order chi connectivity index (χ0) is 29.6. The van der Waals surface area contributed by atoms with E-state index in [9.17, 15) is 0 Å². The highest BCUT2D eigenvalue weighted by Gasteiger charge is 2.37. The molecule has 8 rings (SSSR count). The van der Waals surface area contributed by atoms with Gasteiger partial charge in [0, 0.05) is 48.2 Å². The molecule has 0 radical (unpaired) electrons. The molecule has 4 atom stereocenters. The topological polar surface area (TPSA) is 121 Å². The molecule has 8 nitrogen and oxygen atoms in total. The van der Waals surface area contributed by atoms with E-state index in [1.807, 2.05) is 60.7 Å². The van der Waals surface area contributed by atoms with Gasteiger partial charge in [0.1, 0.15) is 23.0 Å². The Balaban J connectivity index is 1.28. The molecule has 4 N–H and O–H groups in total. The third-order valence-electron chi connectivity index (χ3n) is 8.58. The Kier molecular flexibility index (Phi) is 7.15. The van der Waals surface area contributed by atoms with Crippen LogP contribution < -0.4 is 20.9 Å². The minimum absolute atomic E-state index is 0.175. The van der Waals surface area contributed by atoms with Crippen molar-refractivity contribution >= 4 is 11.4 Å². The van der Waals surface area contributed by atoms with Crippen molar-refractivity contribution in [3.8, 4) is 34.1 Å².